The number of carbonyl (C=O) groups is 2. The normalized spacial score (nSPS) is 10.1. The Labute approximate surface area is 150 Å². The van der Waals surface area contributed by atoms with Crippen LogP contribution in [0.15, 0.2) is 59.1 Å². The Kier molecular flexibility index (Phi) is 6.37. The van der Waals surface area contributed by atoms with E-state index in [1.165, 1.54) is 4.90 Å². The standard InChI is InChI=1S/C18H20BrN3O2/c1-21(14-8-4-3-5-9-14)13-18(24)22(2)12-17(23)20-16-11-7-6-10-15(16)19/h3-11H,12-13H2,1-2H3,(H,20,23). The van der Waals surface area contributed by atoms with Gasteiger partial charge in [0.25, 0.3) is 0 Å². The number of hydrogen-bond acceptors (Lipinski definition) is 3. The average molecular weight is 390 g/mol. The van der Waals surface area contributed by atoms with Crippen LogP contribution in [0.2, 0.25) is 0 Å². The maximum Gasteiger partial charge on any atom is 0.244 e. The Morgan fingerprint density at radius 1 is 0.958 bits per heavy atom. The predicted molar refractivity (Wildman–Crippen MR) is 100 cm³/mol. The molecule has 126 valence electrons. The molecule has 0 saturated carbocycles. The summed E-state index contributed by atoms with van der Waals surface area (Å²) in [6.07, 6.45) is 0. The van der Waals surface area contributed by atoms with Gasteiger partial charge in [0, 0.05) is 24.3 Å². The van der Waals surface area contributed by atoms with Crippen LogP contribution in [0, 0.1) is 0 Å². The summed E-state index contributed by atoms with van der Waals surface area (Å²) in [7, 11) is 3.48. The van der Waals surface area contributed by atoms with Crippen molar-refractivity contribution >= 4 is 39.1 Å². The van der Waals surface area contributed by atoms with E-state index in [9.17, 15) is 9.59 Å². The van der Waals surface area contributed by atoms with Gasteiger partial charge in [0.15, 0.2) is 0 Å². The number of carbonyl (C=O) groups excluding carboxylic acids is 2. The third kappa shape index (κ3) is 5.09. The second-order valence-electron chi connectivity index (χ2n) is 5.47. The summed E-state index contributed by atoms with van der Waals surface area (Å²) in [6.45, 7) is 0.214. The quantitative estimate of drug-likeness (QED) is 0.825. The van der Waals surface area contributed by atoms with Crippen molar-refractivity contribution in [2.45, 2.75) is 0 Å². The Bertz CT molecular complexity index is 706. The highest BCUT2D eigenvalue weighted by Gasteiger charge is 2.15. The van der Waals surface area contributed by atoms with E-state index in [1.807, 2.05) is 60.5 Å². The summed E-state index contributed by atoms with van der Waals surface area (Å²) in [4.78, 5) is 27.6. The van der Waals surface area contributed by atoms with Gasteiger partial charge in [0.05, 0.1) is 18.8 Å². The zero-order valence-corrected chi connectivity index (χ0v) is 15.3. The molecule has 5 nitrogen and oxygen atoms in total. The minimum absolute atomic E-state index is 0.00278. The Balaban J connectivity index is 1.87. The zero-order chi connectivity index (χ0) is 17.5. The van der Waals surface area contributed by atoms with E-state index < -0.39 is 0 Å². The van der Waals surface area contributed by atoms with Crippen molar-refractivity contribution in [1.82, 2.24) is 4.90 Å². The topological polar surface area (TPSA) is 52.7 Å². The molecule has 0 atom stereocenters. The number of nitrogens with one attached hydrogen (secondary N) is 1. The molecule has 2 rings (SSSR count). The van der Waals surface area contributed by atoms with Crippen molar-refractivity contribution in [3.05, 3.63) is 59.1 Å². The lowest BCUT2D eigenvalue weighted by molar-refractivity contribution is -0.132. The first-order valence-electron chi connectivity index (χ1n) is 7.52. The molecule has 0 bridgehead atoms. The third-order valence-corrected chi connectivity index (χ3v) is 4.22. The lowest BCUT2D eigenvalue weighted by atomic mass is 10.3. The van der Waals surface area contributed by atoms with Gasteiger partial charge < -0.3 is 15.1 Å². The number of halogens is 1. The first-order valence-corrected chi connectivity index (χ1v) is 8.31. The minimum Gasteiger partial charge on any atom is -0.365 e. The molecule has 6 heteroatoms. The van der Waals surface area contributed by atoms with E-state index in [1.54, 1.807) is 13.1 Å². The van der Waals surface area contributed by atoms with Crippen LogP contribution in [0.5, 0.6) is 0 Å². The number of nitrogens with zero attached hydrogens (tertiary/aromatic N) is 2. The van der Waals surface area contributed by atoms with Crippen LogP contribution in [0.4, 0.5) is 11.4 Å². The average Bonchev–Trinajstić information content (AvgIpc) is 2.57. The van der Waals surface area contributed by atoms with Gasteiger partial charge in [-0.25, -0.2) is 0 Å². The number of likely N-dealkylation sites (N-methyl/N-ethyl adjacent to an activating group) is 2. The predicted octanol–water partition coefficient (Wildman–Crippen LogP) is 2.98. The molecule has 24 heavy (non-hydrogen) atoms. The molecule has 0 unspecified atom stereocenters. The highest BCUT2D eigenvalue weighted by Crippen LogP contribution is 2.21. The molecule has 0 spiro atoms. The molecule has 0 fully saturated rings. The van der Waals surface area contributed by atoms with Crippen LogP contribution in [-0.4, -0.2) is 43.9 Å². The van der Waals surface area contributed by atoms with Crippen LogP contribution in [0.25, 0.3) is 0 Å². The van der Waals surface area contributed by atoms with Crippen molar-refractivity contribution < 1.29 is 9.59 Å². The lowest BCUT2D eigenvalue weighted by Gasteiger charge is -2.23. The summed E-state index contributed by atoms with van der Waals surface area (Å²) in [5.74, 6) is -0.358. The number of anilines is 2. The molecule has 0 aromatic heterocycles. The number of benzene rings is 2. The zero-order valence-electron chi connectivity index (χ0n) is 13.7. The van der Waals surface area contributed by atoms with Crippen molar-refractivity contribution in [2.24, 2.45) is 0 Å². The van der Waals surface area contributed by atoms with Crippen molar-refractivity contribution in [3.8, 4) is 0 Å². The molecule has 1 N–H and O–H groups in total. The first kappa shape index (κ1) is 18.0. The summed E-state index contributed by atoms with van der Waals surface area (Å²) in [5.41, 5.74) is 1.64. The van der Waals surface area contributed by atoms with Crippen LogP contribution in [0.3, 0.4) is 0 Å². The molecule has 0 heterocycles. The fraction of sp³-hybridized carbons (Fsp3) is 0.222. The lowest BCUT2D eigenvalue weighted by Crippen LogP contribution is -2.40. The molecule has 0 radical (unpaired) electrons. The van der Waals surface area contributed by atoms with Gasteiger partial charge in [0.2, 0.25) is 11.8 Å². The van der Waals surface area contributed by atoms with Crippen LogP contribution in [0.1, 0.15) is 0 Å². The highest BCUT2D eigenvalue weighted by molar-refractivity contribution is 9.10. The minimum atomic E-state index is -0.236. The van der Waals surface area contributed by atoms with Crippen molar-refractivity contribution in [3.63, 3.8) is 0 Å². The summed E-state index contributed by atoms with van der Waals surface area (Å²) in [6, 6.07) is 17.0. The Hall–Kier alpha value is -2.34. The van der Waals surface area contributed by atoms with E-state index in [0.717, 1.165) is 10.2 Å². The molecule has 2 amide bonds. The molecule has 0 aliphatic heterocycles. The Morgan fingerprint density at radius 2 is 1.58 bits per heavy atom. The van der Waals surface area contributed by atoms with E-state index >= 15 is 0 Å². The van der Waals surface area contributed by atoms with Crippen LogP contribution in [-0.2, 0) is 9.59 Å². The smallest absolute Gasteiger partial charge is 0.244 e. The van der Waals surface area contributed by atoms with Crippen molar-refractivity contribution in [1.29, 1.82) is 0 Å². The fourth-order valence-corrected chi connectivity index (χ4v) is 2.54. The van der Waals surface area contributed by atoms with Gasteiger partial charge in [-0.3, -0.25) is 9.59 Å². The maximum atomic E-state index is 12.3. The number of amides is 2. The number of rotatable bonds is 6. The van der Waals surface area contributed by atoms with Gasteiger partial charge in [0.1, 0.15) is 0 Å². The van der Waals surface area contributed by atoms with E-state index in [0.29, 0.717) is 5.69 Å². The monoisotopic (exact) mass is 389 g/mol. The van der Waals surface area contributed by atoms with Gasteiger partial charge in [-0.1, -0.05) is 30.3 Å². The molecule has 0 aliphatic carbocycles. The summed E-state index contributed by atoms with van der Waals surface area (Å²) in [5, 5.41) is 2.79. The maximum absolute atomic E-state index is 12.3. The molecule has 0 aliphatic rings. The molecule has 2 aromatic carbocycles. The SMILES string of the molecule is CN(CC(=O)Nc1ccccc1Br)C(=O)CN(C)c1ccccc1. The molecule has 0 saturated heterocycles. The summed E-state index contributed by atoms with van der Waals surface area (Å²) < 4.78 is 0.802. The molecule has 2 aromatic rings. The van der Waals surface area contributed by atoms with E-state index in [-0.39, 0.29) is 24.9 Å². The van der Waals surface area contributed by atoms with Crippen LogP contribution < -0.4 is 10.2 Å². The van der Waals surface area contributed by atoms with Gasteiger partial charge in [-0.15, -0.1) is 0 Å². The summed E-state index contributed by atoms with van der Waals surface area (Å²) >= 11 is 3.38. The van der Waals surface area contributed by atoms with Crippen molar-refractivity contribution in [2.75, 3.05) is 37.4 Å². The highest BCUT2D eigenvalue weighted by atomic mass is 79.9. The van der Waals surface area contributed by atoms with E-state index in [4.69, 9.17) is 0 Å². The van der Waals surface area contributed by atoms with Gasteiger partial charge >= 0.3 is 0 Å². The molecular weight excluding hydrogens is 370 g/mol. The van der Waals surface area contributed by atoms with Gasteiger partial charge in [-0.05, 0) is 40.2 Å². The fourth-order valence-electron chi connectivity index (χ4n) is 2.15. The molecular formula is C18H20BrN3O2. The number of hydrogen-bond donors (Lipinski definition) is 1. The first-order chi connectivity index (χ1) is 11.5. The van der Waals surface area contributed by atoms with Gasteiger partial charge in [-0.2, -0.15) is 0 Å². The third-order valence-electron chi connectivity index (χ3n) is 3.52. The largest absolute Gasteiger partial charge is 0.365 e. The van der Waals surface area contributed by atoms with Crippen LogP contribution >= 0.6 is 15.9 Å². The van der Waals surface area contributed by atoms with E-state index in [2.05, 4.69) is 21.2 Å². The number of para-hydroxylation sites is 2. The second-order valence-corrected chi connectivity index (χ2v) is 6.32. The second kappa shape index (κ2) is 8.49. The Morgan fingerprint density at radius 3 is 2.25 bits per heavy atom.